The Kier molecular flexibility index (Phi) is 7.69. The van der Waals surface area contributed by atoms with E-state index in [0.29, 0.717) is 5.82 Å². The maximum Gasteiger partial charge on any atom is 0.406 e. The lowest BCUT2D eigenvalue weighted by molar-refractivity contribution is -0.388. The molecule has 1 aromatic heterocycles. The van der Waals surface area contributed by atoms with Crippen molar-refractivity contribution in [3.05, 3.63) is 16.4 Å². The fourth-order valence-electron chi connectivity index (χ4n) is 2.22. The molecular weight excluding hydrogens is 256 g/mol. The van der Waals surface area contributed by atoms with E-state index in [9.17, 15) is 10.1 Å². The number of nitro groups is 1. The summed E-state index contributed by atoms with van der Waals surface area (Å²) in [6.45, 7) is 2.98. The van der Waals surface area contributed by atoms with Crippen LogP contribution in [0, 0.1) is 10.1 Å². The van der Waals surface area contributed by atoms with Crippen LogP contribution in [0.5, 0.6) is 0 Å². The van der Waals surface area contributed by atoms with Gasteiger partial charge in [0.05, 0.1) is 0 Å². The lowest BCUT2D eigenvalue weighted by atomic mass is 10.1. The van der Waals surface area contributed by atoms with Crippen LogP contribution in [-0.4, -0.2) is 21.0 Å². The molecule has 0 saturated heterocycles. The molecular formula is C14H26N4O2. The number of imidazole rings is 1. The predicted molar refractivity (Wildman–Crippen MR) is 81.0 cm³/mol. The summed E-state index contributed by atoms with van der Waals surface area (Å²) in [5.41, 5.74) is 0. The van der Waals surface area contributed by atoms with Gasteiger partial charge < -0.3 is 15.4 Å². The standard InChI is InChI=1S/C14H26N4O2/c1-3-4-5-6-7-8-9-10-11-15-13-14(18(19)20)16-12-17(13)2/h12,15H,3-11H2,1-2H3. The molecule has 6 heteroatoms. The van der Waals surface area contributed by atoms with Gasteiger partial charge in [0.2, 0.25) is 12.1 Å². The number of rotatable bonds is 11. The largest absolute Gasteiger partial charge is 0.406 e. The van der Waals surface area contributed by atoms with Gasteiger partial charge in [-0.05, 0) is 16.3 Å². The fraction of sp³-hybridized carbons (Fsp3) is 0.786. The van der Waals surface area contributed by atoms with Gasteiger partial charge in [0, 0.05) is 13.6 Å². The first kappa shape index (κ1) is 16.5. The average Bonchev–Trinajstić information content (AvgIpc) is 2.78. The van der Waals surface area contributed by atoms with E-state index in [1.54, 1.807) is 11.6 Å². The van der Waals surface area contributed by atoms with E-state index in [1.165, 1.54) is 51.3 Å². The zero-order chi connectivity index (χ0) is 14.8. The molecule has 1 aromatic rings. The van der Waals surface area contributed by atoms with Crippen LogP contribution >= 0.6 is 0 Å². The smallest absolute Gasteiger partial charge is 0.364 e. The number of aromatic nitrogens is 2. The van der Waals surface area contributed by atoms with Crippen LogP contribution in [0.1, 0.15) is 58.3 Å². The molecule has 0 aliphatic rings. The van der Waals surface area contributed by atoms with E-state index >= 15 is 0 Å². The zero-order valence-electron chi connectivity index (χ0n) is 12.6. The summed E-state index contributed by atoms with van der Waals surface area (Å²) < 4.78 is 1.66. The molecule has 0 aliphatic carbocycles. The highest BCUT2D eigenvalue weighted by Crippen LogP contribution is 2.20. The Morgan fingerprint density at radius 2 is 1.80 bits per heavy atom. The average molecular weight is 282 g/mol. The second-order valence-corrected chi connectivity index (χ2v) is 5.19. The van der Waals surface area contributed by atoms with Crippen molar-refractivity contribution in [2.24, 2.45) is 7.05 Å². The van der Waals surface area contributed by atoms with Gasteiger partial charge in [0.1, 0.15) is 0 Å². The molecule has 20 heavy (non-hydrogen) atoms. The Hall–Kier alpha value is -1.59. The second-order valence-electron chi connectivity index (χ2n) is 5.19. The molecule has 6 nitrogen and oxygen atoms in total. The molecule has 0 radical (unpaired) electrons. The molecule has 0 spiro atoms. The van der Waals surface area contributed by atoms with Crippen LogP contribution in [0.25, 0.3) is 0 Å². The van der Waals surface area contributed by atoms with Crippen LogP contribution in [0.3, 0.4) is 0 Å². The van der Waals surface area contributed by atoms with E-state index in [2.05, 4.69) is 17.2 Å². The van der Waals surface area contributed by atoms with Gasteiger partial charge in [-0.15, -0.1) is 0 Å². The molecule has 1 N–H and O–H groups in total. The summed E-state index contributed by atoms with van der Waals surface area (Å²) in [4.78, 5) is 14.1. The van der Waals surface area contributed by atoms with E-state index < -0.39 is 4.92 Å². The van der Waals surface area contributed by atoms with E-state index in [-0.39, 0.29) is 5.82 Å². The van der Waals surface area contributed by atoms with Gasteiger partial charge in [0.15, 0.2) is 0 Å². The first-order valence-electron chi connectivity index (χ1n) is 7.56. The summed E-state index contributed by atoms with van der Waals surface area (Å²) in [6, 6.07) is 0. The first-order valence-corrected chi connectivity index (χ1v) is 7.56. The van der Waals surface area contributed by atoms with Crippen LogP contribution < -0.4 is 5.32 Å². The molecule has 1 rings (SSSR count). The minimum atomic E-state index is -0.448. The maximum atomic E-state index is 10.8. The molecule has 0 fully saturated rings. The molecule has 0 aromatic carbocycles. The van der Waals surface area contributed by atoms with Crippen LogP contribution in [0.2, 0.25) is 0 Å². The third-order valence-corrected chi connectivity index (χ3v) is 3.41. The number of hydrogen-bond donors (Lipinski definition) is 1. The van der Waals surface area contributed by atoms with Crippen molar-refractivity contribution in [3.63, 3.8) is 0 Å². The van der Waals surface area contributed by atoms with Crippen LogP contribution in [-0.2, 0) is 7.05 Å². The number of unbranched alkanes of at least 4 members (excludes halogenated alkanes) is 7. The Labute approximate surface area is 120 Å². The first-order chi connectivity index (χ1) is 9.66. The molecule has 114 valence electrons. The van der Waals surface area contributed by atoms with Gasteiger partial charge in [0.25, 0.3) is 0 Å². The highest BCUT2D eigenvalue weighted by Gasteiger charge is 2.18. The molecule has 1 heterocycles. The van der Waals surface area contributed by atoms with Gasteiger partial charge >= 0.3 is 5.82 Å². The monoisotopic (exact) mass is 282 g/mol. The lowest BCUT2D eigenvalue weighted by Gasteiger charge is -2.06. The van der Waals surface area contributed by atoms with Crippen LogP contribution in [0.4, 0.5) is 11.6 Å². The molecule has 0 amide bonds. The number of aryl methyl sites for hydroxylation is 1. The van der Waals surface area contributed by atoms with Gasteiger partial charge in [-0.1, -0.05) is 51.9 Å². The fourth-order valence-corrected chi connectivity index (χ4v) is 2.22. The van der Waals surface area contributed by atoms with E-state index in [4.69, 9.17) is 0 Å². The minimum Gasteiger partial charge on any atom is -0.364 e. The Morgan fingerprint density at radius 3 is 2.40 bits per heavy atom. The summed E-state index contributed by atoms with van der Waals surface area (Å²) in [7, 11) is 1.76. The summed E-state index contributed by atoms with van der Waals surface area (Å²) in [6.07, 6.45) is 11.5. The normalized spacial score (nSPS) is 10.7. The van der Waals surface area contributed by atoms with Crippen molar-refractivity contribution >= 4 is 11.6 Å². The summed E-state index contributed by atoms with van der Waals surface area (Å²) >= 11 is 0. The quantitative estimate of drug-likeness (QED) is 0.380. The number of hydrogen-bond acceptors (Lipinski definition) is 4. The third-order valence-electron chi connectivity index (χ3n) is 3.41. The van der Waals surface area contributed by atoms with Crippen LogP contribution in [0.15, 0.2) is 6.33 Å². The maximum absolute atomic E-state index is 10.8. The molecule has 0 aliphatic heterocycles. The molecule has 0 bridgehead atoms. The second kappa shape index (κ2) is 9.34. The van der Waals surface area contributed by atoms with Crippen molar-refractivity contribution in [1.82, 2.24) is 9.55 Å². The Morgan fingerprint density at radius 1 is 1.20 bits per heavy atom. The molecule has 0 saturated carbocycles. The van der Waals surface area contributed by atoms with E-state index in [1.807, 2.05) is 0 Å². The SMILES string of the molecule is CCCCCCCCCCNc1c([N+](=O)[O-])ncn1C. The van der Waals surface area contributed by atoms with Gasteiger partial charge in [-0.25, -0.2) is 0 Å². The van der Waals surface area contributed by atoms with Crippen molar-refractivity contribution in [3.8, 4) is 0 Å². The predicted octanol–water partition coefficient (Wildman–Crippen LogP) is 3.88. The number of nitrogens with zero attached hydrogens (tertiary/aromatic N) is 3. The topological polar surface area (TPSA) is 73.0 Å². The summed E-state index contributed by atoms with van der Waals surface area (Å²) in [5.74, 6) is 0.407. The number of nitrogens with one attached hydrogen (secondary N) is 1. The number of anilines is 1. The highest BCUT2D eigenvalue weighted by atomic mass is 16.6. The zero-order valence-corrected chi connectivity index (χ0v) is 12.6. The third kappa shape index (κ3) is 5.59. The van der Waals surface area contributed by atoms with Crippen molar-refractivity contribution in [2.75, 3.05) is 11.9 Å². The van der Waals surface area contributed by atoms with E-state index in [0.717, 1.165) is 13.0 Å². The molecule has 0 atom stereocenters. The van der Waals surface area contributed by atoms with Crippen molar-refractivity contribution < 1.29 is 4.92 Å². The highest BCUT2D eigenvalue weighted by molar-refractivity contribution is 5.51. The van der Waals surface area contributed by atoms with Gasteiger partial charge in [-0.2, -0.15) is 0 Å². The minimum absolute atomic E-state index is 0.0907. The van der Waals surface area contributed by atoms with Gasteiger partial charge in [-0.3, -0.25) is 4.57 Å². The Bertz CT molecular complexity index is 404. The molecule has 0 unspecified atom stereocenters. The lowest BCUT2D eigenvalue weighted by Crippen LogP contribution is -2.07. The Balaban J connectivity index is 2.12. The summed E-state index contributed by atoms with van der Waals surface area (Å²) in [5, 5.41) is 13.9. The van der Waals surface area contributed by atoms with Crippen molar-refractivity contribution in [2.45, 2.75) is 58.3 Å². The van der Waals surface area contributed by atoms with Crippen molar-refractivity contribution in [1.29, 1.82) is 0 Å².